The minimum Gasteiger partial charge on any atom is -0.341 e. The van der Waals surface area contributed by atoms with Crippen LogP contribution in [-0.2, 0) is 9.59 Å². The van der Waals surface area contributed by atoms with E-state index in [1.165, 1.54) is 11.8 Å². The van der Waals surface area contributed by atoms with Crippen LogP contribution in [0.5, 0.6) is 0 Å². The second-order valence-electron chi connectivity index (χ2n) is 4.62. The summed E-state index contributed by atoms with van der Waals surface area (Å²) in [6.45, 7) is 1.08. The molecule has 0 unspecified atom stereocenters. The van der Waals surface area contributed by atoms with Crippen molar-refractivity contribution in [1.82, 2.24) is 19.5 Å². The van der Waals surface area contributed by atoms with Gasteiger partial charge in [0.15, 0.2) is 10.8 Å². The predicted molar refractivity (Wildman–Crippen MR) is 74.5 cm³/mol. The second kappa shape index (κ2) is 5.62. The molecule has 7 heteroatoms. The summed E-state index contributed by atoms with van der Waals surface area (Å²) in [4.78, 5) is 25.0. The molecule has 1 saturated heterocycles. The van der Waals surface area contributed by atoms with Crippen molar-refractivity contribution in [2.75, 3.05) is 18.8 Å². The Balaban J connectivity index is 1.61. The number of piperidine rings is 1. The monoisotopic (exact) mass is 290 g/mol. The number of pyridine rings is 1. The van der Waals surface area contributed by atoms with Gasteiger partial charge in [0, 0.05) is 32.1 Å². The highest BCUT2D eigenvalue weighted by Gasteiger charge is 2.21. The van der Waals surface area contributed by atoms with Crippen molar-refractivity contribution < 1.29 is 9.59 Å². The number of carbonyl (C=O) groups excluding carboxylic acids is 2. The molecule has 0 atom stereocenters. The van der Waals surface area contributed by atoms with Crippen LogP contribution in [0, 0.1) is 0 Å². The van der Waals surface area contributed by atoms with Gasteiger partial charge in [-0.15, -0.1) is 10.2 Å². The summed E-state index contributed by atoms with van der Waals surface area (Å²) in [5.41, 5.74) is 0.769. The van der Waals surface area contributed by atoms with Gasteiger partial charge < -0.3 is 4.90 Å². The van der Waals surface area contributed by atoms with Crippen LogP contribution in [0.4, 0.5) is 0 Å². The van der Waals surface area contributed by atoms with Gasteiger partial charge >= 0.3 is 0 Å². The average Bonchev–Trinajstić information content (AvgIpc) is 2.89. The Morgan fingerprint density at radius 2 is 2.05 bits per heavy atom. The molecule has 0 radical (unpaired) electrons. The first-order valence-corrected chi connectivity index (χ1v) is 7.44. The molecule has 3 rings (SSSR count). The van der Waals surface area contributed by atoms with Crippen molar-refractivity contribution in [3.63, 3.8) is 0 Å². The molecule has 0 aromatic carbocycles. The normalized spacial score (nSPS) is 15.8. The summed E-state index contributed by atoms with van der Waals surface area (Å²) in [6.07, 6.45) is 2.83. The van der Waals surface area contributed by atoms with Crippen LogP contribution in [0.15, 0.2) is 29.6 Å². The van der Waals surface area contributed by atoms with E-state index in [2.05, 4.69) is 10.2 Å². The first kappa shape index (κ1) is 13.1. The number of rotatable bonds is 3. The molecule has 3 heterocycles. The summed E-state index contributed by atoms with van der Waals surface area (Å²) in [6, 6.07) is 5.67. The van der Waals surface area contributed by atoms with Crippen LogP contribution >= 0.6 is 11.8 Å². The molecule has 0 spiro atoms. The van der Waals surface area contributed by atoms with Crippen molar-refractivity contribution in [3.05, 3.63) is 24.4 Å². The van der Waals surface area contributed by atoms with Crippen molar-refractivity contribution in [1.29, 1.82) is 0 Å². The molecule has 20 heavy (non-hydrogen) atoms. The minimum atomic E-state index is 0.0511. The number of fused-ring (bicyclic) bond motifs is 1. The van der Waals surface area contributed by atoms with Gasteiger partial charge in [-0.25, -0.2) is 0 Å². The molecule has 6 nitrogen and oxygen atoms in total. The molecule has 1 fully saturated rings. The molecular formula is C13H14N4O2S. The second-order valence-corrected chi connectivity index (χ2v) is 5.56. The molecule has 1 amide bonds. The SMILES string of the molecule is O=C1CCN(C(=O)CSc2nnc3ccccn23)CC1. The van der Waals surface area contributed by atoms with Crippen LogP contribution < -0.4 is 0 Å². The number of Topliss-reactive ketones (excluding diaryl/α,β-unsaturated/α-hetero) is 1. The van der Waals surface area contributed by atoms with Crippen LogP contribution in [0.1, 0.15) is 12.8 Å². The van der Waals surface area contributed by atoms with Crippen molar-refractivity contribution in [2.24, 2.45) is 0 Å². The number of aromatic nitrogens is 3. The lowest BCUT2D eigenvalue weighted by molar-refractivity contribution is -0.132. The molecular weight excluding hydrogens is 276 g/mol. The van der Waals surface area contributed by atoms with E-state index in [1.807, 2.05) is 28.8 Å². The van der Waals surface area contributed by atoms with Crippen molar-refractivity contribution in [3.8, 4) is 0 Å². The average molecular weight is 290 g/mol. The summed E-state index contributed by atoms with van der Waals surface area (Å²) in [7, 11) is 0. The molecule has 2 aromatic rings. The maximum Gasteiger partial charge on any atom is 0.233 e. The number of hydrogen-bond acceptors (Lipinski definition) is 5. The molecule has 0 N–H and O–H groups in total. The number of nitrogens with zero attached hydrogens (tertiary/aromatic N) is 4. The topological polar surface area (TPSA) is 67.6 Å². The van der Waals surface area contributed by atoms with Crippen LogP contribution in [0.2, 0.25) is 0 Å². The smallest absolute Gasteiger partial charge is 0.233 e. The number of hydrogen-bond donors (Lipinski definition) is 0. The first-order chi connectivity index (χ1) is 9.74. The number of carbonyl (C=O) groups is 2. The molecule has 1 aliphatic heterocycles. The number of thioether (sulfide) groups is 1. The maximum atomic E-state index is 12.1. The van der Waals surface area contributed by atoms with Gasteiger partial charge in [0.2, 0.25) is 5.91 Å². The molecule has 104 valence electrons. The third-order valence-electron chi connectivity index (χ3n) is 3.28. The van der Waals surface area contributed by atoms with Crippen LogP contribution in [0.25, 0.3) is 5.65 Å². The highest BCUT2D eigenvalue weighted by Crippen LogP contribution is 2.18. The number of amides is 1. The molecule has 1 aliphatic rings. The zero-order chi connectivity index (χ0) is 13.9. The Kier molecular flexibility index (Phi) is 3.68. The van der Waals surface area contributed by atoms with Crippen LogP contribution in [0.3, 0.4) is 0 Å². The minimum absolute atomic E-state index is 0.0511. The molecule has 0 aliphatic carbocycles. The Morgan fingerprint density at radius 1 is 1.25 bits per heavy atom. The predicted octanol–water partition coefficient (Wildman–Crippen LogP) is 1.01. The lowest BCUT2D eigenvalue weighted by Crippen LogP contribution is -2.39. The fourth-order valence-electron chi connectivity index (χ4n) is 2.14. The summed E-state index contributed by atoms with van der Waals surface area (Å²) in [5, 5.41) is 8.83. The van der Waals surface area contributed by atoms with E-state index >= 15 is 0 Å². The van der Waals surface area contributed by atoms with Gasteiger partial charge in [0.1, 0.15) is 5.78 Å². The van der Waals surface area contributed by atoms with Crippen molar-refractivity contribution in [2.45, 2.75) is 18.0 Å². The van der Waals surface area contributed by atoms with E-state index in [1.54, 1.807) is 4.90 Å². The maximum absolute atomic E-state index is 12.1. The first-order valence-electron chi connectivity index (χ1n) is 6.46. The molecule has 0 saturated carbocycles. The zero-order valence-corrected chi connectivity index (χ0v) is 11.7. The van der Waals surface area contributed by atoms with Gasteiger partial charge in [0.25, 0.3) is 0 Å². The quantitative estimate of drug-likeness (QED) is 0.789. The standard InChI is InChI=1S/C13H14N4O2S/c18-10-4-7-16(8-5-10)12(19)9-20-13-15-14-11-3-1-2-6-17(11)13/h1-3,6H,4-5,7-9H2. The Hall–Kier alpha value is -1.89. The highest BCUT2D eigenvalue weighted by atomic mass is 32.2. The van der Waals surface area contributed by atoms with E-state index in [4.69, 9.17) is 0 Å². The lowest BCUT2D eigenvalue weighted by atomic mass is 10.1. The third kappa shape index (κ3) is 2.67. The van der Waals surface area contributed by atoms with Gasteiger partial charge in [-0.3, -0.25) is 14.0 Å². The highest BCUT2D eigenvalue weighted by molar-refractivity contribution is 7.99. The summed E-state index contributed by atoms with van der Waals surface area (Å²) in [5.74, 6) is 0.615. The molecule has 0 bridgehead atoms. The van der Waals surface area contributed by atoms with Crippen LogP contribution in [-0.4, -0.2) is 50.0 Å². The zero-order valence-electron chi connectivity index (χ0n) is 10.9. The van der Waals surface area contributed by atoms with Crippen molar-refractivity contribution >= 4 is 29.1 Å². The van der Waals surface area contributed by atoms with E-state index in [-0.39, 0.29) is 11.7 Å². The number of ketones is 1. The van der Waals surface area contributed by atoms with Gasteiger partial charge in [-0.05, 0) is 12.1 Å². The summed E-state index contributed by atoms with van der Waals surface area (Å²) >= 11 is 1.37. The lowest BCUT2D eigenvalue weighted by Gasteiger charge is -2.25. The fourth-order valence-corrected chi connectivity index (χ4v) is 2.97. The van der Waals surface area contributed by atoms with E-state index in [0.29, 0.717) is 36.8 Å². The Labute approximate surface area is 120 Å². The van der Waals surface area contributed by atoms with Gasteiger partial charge in [-0.1, -0.05) is 17.8 Å². The fraction of sp³-hybridized carbons (Fsp3) is 0.385. The Bertz CT molecular complexity index is 645. The van der Waals surface area contributed by atoms with E-state index in [0.717, 1.165) is 5.65 Å². The van der Waals surface area contributed by atoms with Gasteiger partial charge in [-0.2, -0.15) is 0 Å². The Morgan fingerprint density at radius 3 is 2.85 bits per heavy atom. The van der Waals surface area contributed by atoms with E-state index in [9.17, 15) is 9.59 Å². The van der Waals surface area contributed by atoms with E-state index < -0.39 is 0 Å². The summed E-state index contributed by atoms with van der Waals surface area (Å²) < 4.78 is 1.86. The van der Waals surface area contributed by atoms with Gasteiger partial charge in [0.05, 0.1) is 5.75 Å². The number of likely N-dealkylation sites (tertiary alicyclic amines) is 1. The largest absolute Gasteiger partial charge is 0.341 e. The third-order valence-corrected chi connectivity index (χ3v) is 4.21. The molecule has 2 aromatic heterocycles.